The fourth-order valence-electron chi connectivity index (χ4n) is 4.89. The first-order valence-corrected chi connectivity index (χ1v) is 11.5. The van der Waals surface area contributed by atoms with Gasteiger partial charge in [-0.05, 0) is 19.4 Å². The van der Waals surface area contributed by atoms with Crippen LogP contribution in [0.5, 0.6) is 5.75 Å². The first kappa shape index (κ1) is 20.8. The molecule has 6 rings (SSSR count). The van der Waals surface area contributed by atoms with Crippen LogP contribution in [0.15, 0.2) is 55.0 Å². The molecule has 1 amide bonds. The van der Waals surface area contributed by atoms with Gasteiger partial charge in [-0.3, -0.25) is 9.48 Å². The third kappa shape index (κ3) is 3.33. The van der Waals surface area contributed by atoms with Crippen LogP contribution in [0.2, 0.25) is 0 Å². The summed E-state index contributed by atoms with van der Waals surface area (Å²) in [7, 11) is 1.90. The van der Waals surface area contributed by atoms with Crippen LogP contribution in [-0.2, 0) is 16.6 Å². The van der Waals surface area contributed by atoms with Crippen molar-refractivity contribution in [2.75, 3.05) is 25.1 Å². The third-order valence-electron chi connectivity index (χ3n) is 6.78. The Bertz CT molecular complexity index is 1400. The summed E-state index contributed by atoms with van der Waals surface area (Å²) in [4.78, 5) is 22.3. The molecule has 1 aliphatic carbocycles. The lowest BCUT2D eigenvalue weighted by molar-refractivity contribution is -0.121. The second kappa shape index (κ2) is 7.92. The Morgan fingerprint density at radius 2 is 2.09 bits per heavy atom. The molecule has 2 fully saturated rings. The molecule has 172 valence electrons. The Morgan fingerprint density at radius 1 is 1.24 bits per heavy atom. The number of aromatic nitrogens is 4. The van der Waals surface area contributed by atoms with Crippen LogP contribution in [0.1, 0.15) is 13.3 Å². The lowest BCUT2D eigenvalue weighted by Gasteiger charge is -2.17. The van der Waals surface area contributed by atoms with Gasteiger partial charge in [0.15, 0.2) is 0 Å². The molecule has 2 aromatic carbocycles. The predicted molar refractivity (Wildman–Crippen MR) is 128 cm³/mol. The minimum atomic E-state index is -0.404. The monoisotopic (exact) mass is 455 g/mol. The molecule has 0 spiro atoms. The molecular formula is C26H25N5O3. The SMILES string of the molecule is CCOc1cc2ncnc(-c3cn(C)nc3-c3ccccc3)c2cc1NC(=O)C12COCC1C2. The molecule has 8 heteroatoms. The summed E-state index contributed by atoms with van der Waals surface area (Å²) in [6, 6.07) is 13.8. The number of hydrogen-bond acceptors (Lipinski definition) is 6. The Hall–Kier alpha value is -3.78. The van der Waals surface area contributed by atoms with E-state index in [1.54, 1.807) is 11.0 Å². The number of ether oxygens (including phenoxy) is 2. The zero-order valence-electron chi connectivity index (χ0n) is 19.1. The second-order valence-corrected chi connectivity index (χ2v) is 8.98. The van der Waals surface area contributed by atoms with E-state index < -0.39 is 5.41 Å². The largest absolute Gasteiger partial charge is 0.492 e. The average molecular weight is 456 g/mol. The number of carbonyl (C=O) groups excluding carboxylic acids is 1. The number of fused-ring (bicyclic) bond motifs is 2. The molecule has 2 aromatic heterocycles. The van der Waals surface area contributed by atoms with Gasteiger partial charge in [0.1, 0.15) is 17.8 Å². The molecule has 1 aliphatic heterocycles. The van der Waals surface area contributed by atoms with Gasteiger partial charge >= 0.3 is 0 Å². The highest BCUT2D eigenvalue weighted by Gasteiger charge is 2.63. The van der Waals surface area contributed by atoms with Gasteiger partial charge < -0.3 is 14.8 Å². The minimum Gasteiger partial charge on any atom is -0.492 e. The van der Waals surface area contributed by atoms with Crippen molar-refractivity contribution in [2.24, 2.45) is 18.4 Å². The van der Waals surface area contributed by atoms with Gasteiger partial charge in [0, 0.05) is 41.7 Å². The Balaban J connectivity index is 1.47. The molecule has 1 saturated heterocycles. The van der Waals surface area contributed by atoms with E-state index in [4.69, 9.17) is 14.6 Å². The summed E-state index contributed by atoms with van der Waals surface area (Å²) >= 11 is 0. The maximum atomic E-state index is 13.2. The summed E-state index contributed by atoms with van der Waals surface area (Å²) in [5.41, 5.74) is 4.44. The number of rotatable bonds is 6. The van der Waals surface area contributed by atoms with Crippen LogP contribution in [0.25, 0.3) is 33.4 Å². The van der Waals surface area contributed by atoms with E-state index in [0.717, 1.165) is 39.8 Å². The first-order valence-electron chi connectivity index (χ1n) is 11.5. The molecule has 1 saturated carbocycles. The fraction of sp³-hybridized carbons (Fsp3) is 0.308. The van der Waals surface area contributed by atoms with Crippen LogP contribution in [0.4, 0.5) is 5.69 Å². The molecule has 0 radical (unpaired) electrons. The van der Waals surface area contributed by atoms with E-state index >= 15 is 0 Å². The molecule has 4 aromatic rings. The number of aryl methyl sites for hydroxylation is 1. The smallest absolute Gasteiger partial charge is 0.233 e. The zero-order chi connectivity index (χ0) is 23.3. The number of carbonyl (C=O) groups is 1. The molecule has 2 atom stereocenters. The topological polar surface area (TPSA) is 91.2 Å². The highest BCUT2D eigenvalue weighted by molar-refractivity contribution is 6.04. The molecule has 8 nitrogen and oxygen atoms in total. The van der Waals surface area contributed by atoms with Crippen molar-refractivity contribution in [1.82, 2.24) is 19.7 Å². The van der Waals surface area contributed by atoms with Crippen molar-refractivity contribution < 1.29 is 14.3 Å². The van der Waals surface area contributed by atoms with Crippen LogP contribution < -0.4 is 10.1 Å². The van der Waals surface area contributed by atoms with Gasteiger partial charge in [0.2, 0.25) is 5.91 Å². The van der Waals surface area contributed by atoms with Crippen molar-refractivity contribution in [3.63, 3.8) is 0 Å². The maximum Gasteiger partial charge on any atom is 0.233 e. The molecule has 2 aliphatic rings. The summed E-state index contributed by atoms with van der Waals surface area (Å²) in [5, 5.41) is 8.64. The summed E-state index contributed by atoms with van der Waals surface area (Å²) in [6.07, 6.45) is 4.39. The number of benzene rings is 2. The van der Waals surface area contributed by atoms with E-state index in [0.29, 0.717) is 37.2 Å². The van der Waals surface area contributed by atoms with Crippen molar-refractivity contribution in [3.8, 4) is 28.3 Å². The van der Waals surface area contributed by atoms with Gasteiger partial charge in [0.05, 0.1) is 42.1 Å². The highest BCUT2D eigenvalue weighted by atomic mass is 16.5. The van der Waals surface area contributed by atoms with Gasteiger partial charge in [0.25, 0.3) is 0 Å². The molecule has 34 heavy (non-hydrogen) atoms. The Morgan fingerprint density at radius 3 is 2.82 bits per heavy atom. The van der Waals surface area contributed by atoms with Crippen molar-refractivity contribution >= 4 is 22.5 Å². The zero-order valence-corrected chi connectivity index (χ0v) is 19.1. The van der Waals surface area contributed by atoms with E-state index in [2.05, 4.69) is 15.3 Å². The molecule has 3 heterocycles. The lowest BCUT2D eigenvalue weighted by Crippen LogP contribution is -2.27. The molecule has 0 bridgehead atoms. The van der Waals surface area contributed by atoms with E-state index in [1.807, 2.05) is 62.6 Å². The van der Waals surface area contributed by atoms with Crippen molar-refractivity contribution in [3.05, 3.63) is 55.0 Å². The number of amides is 1. The minimum absolute atomic E-state index is 0.0138. The number of nitrogens with one attached hydrogen (secondary N) is 1. The standard InChI is InChI=1S/C26H25N5O3/c1-3-34-22-10-20-18(9-21(22)29-25(32)26-11-17(26)13-33-14-26)24(28-15-27-20)19-12-31(2)30-23(19)16-7-5-4-6-8-16/h4-10,12,15,17H,3,11,13-14H2,1-2H3,(H,29,32). The normalized spacial score (nSPS) is 20.8. The Labute approximate surface area is 196 Å². The van der Waals surface area contributed by atoms with Crippen LogP contribution in [-0.4, -0.2) is 45.5 Å². The lowest BCUT2D eigenvalue weighted by atomic mass is 10.0. The van der Waals surface area contributed by atoms with E-state index in [1.165, 1.54) is 0 Å². The average Bonchev–Trinajstić information content (AvgIpc) is 3.19. The number of hydrogen-bond donors (Lipinski definition) is 1. The van der Waals surface area contributed by atoms with Crippen LogP contribution >= 0.6 is 0 Å². The van der Waals surface area contributed by atoms with E-state index in [-0.39, 0.29) is 5.91 Å². The van der Waals surface area contributed by atoms with Gasteiger partial charge in [-0.15, -0.1) is 0 Å². The van der Waals surface area contributed by atoms with Gasteiger partial charge in [-0.1, -0.05) is 30.3 Å². The van der Waals surface area contributed by atoms with Crippen molar-refractivity contribution in [1.29, 1.82) is 0 Å². The van der Waals surface area contributed by atoms with Crippen LogP contribution in [0, 0.1) is 11.3 Å². The highest BCUT2D eigenvalue weighted by Crippen LogP contribution is 2.57. The Kier molecular flexibility index (Phi) is 4.84. The van der Waals surface area contributed by atoms with E-state index in [9.17, 15) is 4.79 Å². The van der Waals surface area contributed by atoms with Gasteiger partial charge in [-0.2, -0.15) is 5.10 Å². The number of nitrogens with zero attached hydrogens (tertiary/aromatic N) is 4. The van der Waals surface area contributed by atoms with Crippen molar-refractivity contribution in [2.45, 2.75) is 13.3 Å². The molecular weight excluding hydrogens is 430 g/mol. The first-order chi connectivity index (χ1) is 16.6. The predicted octanol–water partition coefficient (Wildman–Crippen LogP) is 4.07. The summed E-state index contributed by atoms with van der Waals surface area (Å²) < 4.78 is 13.2. The fourth-order valence-corrected chi connectivity index (χ4v) is 4.89. The second-order valence-electron chi connectivity index (χ2n) is 8.98. The maximum absolute atomic E-state index is 13.2. The molecule has 2 unspecified atom stereocenters. The van der Waals surface area contributed by atoms with Crippen LogP contribution in [0.3, 0.4) is 0 Å². The van der Waals surface area contributed by atoms with Gasteiger partial charge in [-0.25, -0.2) is 9.97 Å². The summed E-state index contributed by atoms with van der Waals surface area (Å²) in [5.74, 6) is 0.890. The third-order valence-corrected chi connectivity index (χ3v) is 6.78. The molecule has 1 N–H and O–H groups in total. The summed E-state index contributed by atoms with van der Waals surface area (Å²) in [6.45, 7) is 3.53. The number of anilines is 1. The quantitative estimate of drug-likeness (QED) is 0.471.